The smallest absolute Gasteiger partial charge is 0.193 e. The SMILES string of the molecule is C=C1c2[nH]ccc2C(c2ccccc2Bc2ccccc2)=CN1C. The molecule has 4 rings (SSSR count). The van der Waals surface area contributed by atoms with Crippen LogP contribution in [0, 0.1) is 0 Å². The molecule has 0 radical (unpaired) electrons. The number of H-pyrrole nitrogens is 1. The Labute approximate surface area is 143 Å². The highest BCUT2D eigenvalue weighted by Gasteiger charge is 2.22. The molecule has 1 aromatic heterocycles. The molecule has 1 aliphatic heterocycles. The number of rotatable bonds is 3. The van der Waals surface area contributed by atoms with Gasteiger partial charge in [-0.2, -0.15) is 0 Å². The van der Waals surface area contributed by atoms with Crippen LogP contribution in [0.25, 0.3) is 11.3 Å². The van der Waals surface area contributed by atoms with Crippen molar-refractivity contribution in [3.8, 4) is 0 Å². The van der Waals surface area contributed by atoms with Crippen molar-refractivity contribution in [2.24, 2.45) is 0 Å². The zero-order valence-electron chi connectivity index (χ0n) is 13.8. The minimum Gasteiger partial charge on any atom is -0.359 e. The van der Waals surface area contributed by atoms with Crippen molar-refractivity contribution in [2.75, 3.05) is 7.05 Å². The van der Waals surface area contributed by atoms with Crippen LogP contribution in [0.15, 0.2) is 79.6 Å². The second kappa shape index (κ2) is 5.93. The molecule has 2 heterocycles. The van der Waals surface area contributed by atoms with E-state index in [1.807, 2.05) is 13.2 Å². The highest BCUT2D eigenvalue weighted by Crippen LogP contribution is 2.34. The summed E-state index contributed by atoms with van der Waals surface area (Å²) in [5.41, 5.74) is 8.51. The highest BCUT2D eigenvalue weighted by molar-refractivity contribution is 6.68. The molecule has 0 unspecified atom stereocenters. The van der Waals surface area contributed by atoms with E-state index in [2.05, 4.69) is 83.3 Å². The molecule has 1 N–H and O–H groups in total. The van der Waals surface area contributed by atoms with Gasteiger partial charge in [0.15, 0.2) is 7.28 Å². The second-order valence-corrected chi connectivity index (χ2v) is 6.19. The third kappa shape index (κ3) is 2.48. The monoisotopic (exact) mass is 310 g/mol. The van der Waals surface area contributed by atoms with E-state index in [-0.39, 0.29) is 0 Å². The van der Waals surface area contributed by atoms with Crippen LogP contribution in [0.4, 0.5) is 0 Å². The first-order chi connectivity index (χ1) is 11.7. The van der Waals surface area contributed by atoms with Gasteiger partial charge in [0.25, 0.3) is 0 Å². The van der Waals surface area contributed by atoms with E-state index >= 15 is 0 Å². The molecule has 0 fully saturated rings. The number of aromatic nitrogens is 1. The first kappa shape index (κ1) is 14.6. The average Bonchev–Trinajstić information content (AvgIpc) is 3.10. The van der Waals surface area contributed by atoms with Crippen LogP contribution in [-0.2, 0) is 0 Å². The van der Waals surface area contributed by atoms with Crippen molar-refractivity contribution in [1.82, 2.24) is 9.88 Å². The summed E-state index contributed by atoms with van der Waals surface area (Å²) >= 11 is 0. The summed E-state index contributed by atoms with van der Waals surface area (Å²) in [4.78, 5) is 5.42. The van der Waals surface area contributed by atoms with E-state index in [4.69, 9.17) is 0 Å². The second-order valence-electron chi connectivity index (χ2n) is 6.19. The molecule has 2 aromatic carbocycles. The zero-order chi connectivity index (χ0) is 16.5. The standard InChI is InChI=1S/C21H19BN2/c1-15-21-18(12-13-23-21)19(14-24(15)2)17-10-6-7-11-20(17)22-16-8-4-3-5-9-16/h3-14,22-23H,1H2,2H3. The molecule has 1 aliphatic rings. The molecule has 116 valence electrons. The summed E-state index contributed by atoms with van der Waals surface area (Å²) in [5.74, 6) is 0. The van der Waals surface area contributed by atoms with Gasteiger partial charge in [-0.05, 0) is 11.6 Å². The largest absolute Gasteiger partial charge is 0.359 e. The lowest BCUT2D eigenvalue weighted by atomic mass is 9.61. The Morgan fingerprint density at radius 2 is 1.67 bits per heavy atom. The van der Waals surface area contributed by atoms with E-state index in [9.17, 15) is 0 Å². The van der Waals surface area contributed by atoms with Crippen molar-refractivity contribution < 1.29 is 0 Å². The summed E-state index contributed by atoms with van der Waals surface area (Å²) in [7, 11) is 2.98. The lowest BCUT2D eigenvalue weighted by Gasteiger charge is -2.26. The molecule has 0 amide bonds. The highest BCUT2D eigenvalue weighted by atomic mass is 15.1. The normalized spacial score (nSPS) is 13.5. The van der Waals surface area contributed by atoms with Crippen molar-refractivity contribution in [3.05, 3.63) is 96.5 Å². The molecule has 0 saturated carbocycles. The van der Waals surface area contributed by atoms with Gasteiger partial charge >= 0.3 is 0 Å². The molecule has 0 atom stereocenters. The molecule has 24 heavy (non-hydrogen) atoms. The number of hydrogen-bond donors (Lipinski definition) is 1. The first-order valence-electron chi connectivity index (χ1n) is 8.18. The summed E-state index contributed by atoms with van der Waals surface area (Å²) in [5, 5.41) is 0. The lowest BCUT2D eigenvalue weighted by molar-refractivity contribution is 0.650. The maximum absolute atomic E-state index is 4.18. The summed E-state index contributed by atoms with van der Waals surface area (Å²) in [6.07, 6.45) is 4.17. The Bertz CT molecular complexity index is 922. The predicted molar refractivity (Wildman–Crippen MR) is 104 cm³/mol. The summed E-state index contributed by atoms with van der Waals surface area (Å²) in [6.45, 7) is 4.18. The third-order valence-corrected chi connectivity index (χ3v) is 4.62. The number of nitrogens with one attached hydrogen (secondary N) is 1. The van der Waals surface area contributed by atoms with Gasteiger partial charge in [0.2, 0.25) is 0 Å². The van der Waals surface area contributed by atoms with Crippen molar-refractivity contribution >= 4 is 29.5 Å². The zero-order valence-corrected chi connectivity index (χ0v) is 13.8. The molecule has 0 bridgehead atoms. The average molecular weight is 310 g/mol. The van der Waals surface area contributed by atoms with Gasteiger partial charge in [-0.3, -0.25) is 0 Å². The van der Waals surface area contributed by atoms with Crippen molar-refractivity contribution in [3.63, 3.8) is 0 Å². The molecule has 0 spiro atoms. The topological polar surface area (TPSA) is 19.0 Å². The van der Waals surface area contributed by atoms with Gasteiger partial charge in [-0.15, -0.1) is 0 Å². The predicted octanol–water partition coefficient (Wildman–Crippen LogP) is 2.71. The van der Waals surface area contributed by atoms with E-state index < -0.39 is 0 Å². The fraction of sp³-hybridized carbons (Fsp3) is 0.0476. The molecular weight excluding hydrogens is 291 g/mol. The number of aromatic amines is 1. The van der Waals surface area contributed by atoms with E-state index in [0.717, 1.165) is 18.7 Å². The fourth-order valence-electron chi connectivity index (χ4n) is 3.32. The molecule has 3 heteroatoms. The quantitative estimate of drug-likeness (QED) is 0.737. The van der Waals surface area contributed by atoms with Crippen molar-refractivity contribution in [2.45, 2.75) is 0 Å². The van der Waals surface area contributed by atoms with Crippen LogP contribution in [0.1, 0.15) is 16.8 Å². The van der Waals surface area contributed by atoms with Crippen LogP contribution in [0.5, 0.6) is 0 Å². The van der Waals surface area contributed by atoms with Crippen LogP contribution in [0.3, 0.4) is 0 Å². The van der Waals surface area contributed by atoms with Gasteiger partial charge in [0, 0.05) is 30.6 Å². The molecular formula is C21H19BN2. The van der Waals surface area contributed by atoms with Gasteiger partial charge in [0.1, 0.15) is 0 Å². The maximum Gasteiger partial charge on any atom is 0.193 e. The molecule has 0 aliphatic carbocycles. The Morgan fingerprint density at radius 3 is 2.50 bits per heavy atom. The molecule has 3 aromatic rings. The van der Waals surface area contributed by atoms with Crippen LogP contribution in [-0.4, -0.2) is 24.2 Å². The third-order valence-electron chi connectivity index (χ3n) is 4.62. The Kier molecular flexibility index (Phi) is 3.62. The Balaban J connectivity index is 1.81. The number of fused-ring (bicyclic) bond motifs is 1. The minimum absolute atomic E-state index is 0.929. The van der Waals surface area contributed by atoms with E-state index in [1.165, 1.54) is 27.6 Å². The van der Waals surface area contributed by atoms with E-state index in [1.54, 1.807) is 0 Å². The van der Waals surface area contributed by atoms with E-state index in [0.29, 0.717) is 0 Å². The maximum atomic E-state index is 4.18. The molecule has 0 saturated heterocycles. The number of nitrogens with zero attached hydrogens (tertiary/aromatic N) is 1. The first-order valence-corrected chi connectivity index (χ1v) is 8.18. The number of benzene rings is 2. The van der Waals surface area contributed by atoms with Gasteiger partial charge in [0.05, 0.1) is 11.4 Å². The van der Waals surface area contributed by atoms with Gasteiger partial charge in [-0.25, -0.2) is 0 Å². The Hall–Kier alpha value is -2.94. The Morgan fingerprint density at radius 1 is 0.917 bits per heavy atom. The summed E-state index contributed by atoms with van der Waals surface area (Å²) in [6, 6.07) is 21.4. The molecule has 2 nitrogen and oxygen atoms in total. The number of hydrogen-bond acceptors (Lipinski definition) is 1. The van der Waals surface area contributed by atoms with Gasteiger partial charge in [-0.1, -0.05) is 72.1 Å². The van der Waals surface area contributed by atoms with Gasteiger partial charge < -0.3 is 9.88 Å². The minimum atomic E-state index is 0.929. The summed E-state index contributed by atoms with van der Waals surface area (Å²) < 4.78 is 0. The van der Waals surface area contributed by atoms with Crippen LogP contribution < -0.4 is 10.9 Å². The lowest BCUT2D eigenvalue weighted by Crippen LogP contribution is -2.30. The van der Waals surface area contributed by atoms with Crippen LogP contribution >= 0.6 is 0 Å². The van der Waals surface area contributed by atoms with Crippen molar-refractivity contribution in [1.29, 1.82) is 0 Å². The van der Waals surface area contributed by atoms with Crippen LogP contribution in [0.2, 0.25) is 0 Å². The fourth-order valence-corrected chi connectivity index (χ4v) is 3.32.